The zero-order valence-electron chi connectivity index (χ0n) is 9.49. The second kappa shape index (κ2) is 5.22. The lowest BCUT2D eigenvalue weighted by molar-refractivity contribution is 0.672. The number of rotatable bonds is 4. The molecule has 17 heavy (non-hydrogen) atoms. The van der Waals surface area contributed by atoms with Crippen LogP contribution in [0, 0.1) is 11.3 Å². The number of nitrogens with two attached hydrogens (primary N) is 1. The summed E-state index contributed by atoms with van der Waals surface area (Å²) < 4.78 is 2.13. The zero-order valence-corrected chi connectivity index (χ0v) is 10.2. The van der Waals surface area contributed by atoms with Crippen molar-refractivity contribution in [2.24, 2.45) is 5.73 Å². The van der Waals surface area contributed by atoms with Crippen LogP contribution in [0.1, 0.15) is 18.4 Å². The minimum absolute atomic E-state index is 0.517. The highest BCUT2D eigenvalue weighted by Gasteiger charge is 2.07. The summed E-state index contributed by atoms with van der Waals surface area (Å²) in [6.07, 6.45) is 3.47. The van der Waals surface area contributed by atoms with E-state index in [-0.39, 0.29) is 0 Å². The Bertz CT molecular complexity index is 566. The average molecular weight is 248 g/mol. The van der Waals surface area contributed by atoms with E-state index in [0.29, 0.717) is 13.0 Å². The van der Waals surface area contributed by atoms with Gasteiger partial charge < -0.3 is 10.3 Å². The molecule has 0 saturated carbocycles. The maximum absolute atomic E-state index is 8.55. The fourth-order valence-electron chi connectivity index (χ4n) is 2.02. The molecule has 1 aromatic carbocycles. The van der Waals surface area contributed by atoms with Crippen molar-refractivity contribution in [3.05, 3.63) is 35.0 Å². The molecule has 0 saturated heterocycles. The number of nitrogens with zero attached hydrogens (tertiary/aromatic N) is 2. The lowest BCUT2D eigenvalue weighted by atomic mass is 10.2. The molecule has 3 nitrogen and oxygen atoms in total. The van der Waals surface area contributed by atoms with Crippen molar-refractivity contribution in [1.82, 2.24) is 4.57 Å². The van der Waals surface area contributed by atoms with E-state index in [1.165, 1.54) is 0 Å². The van der Waals surface area contributed by atoms with Crippen molar-refractivity contribution in [3.8, 4) is 6.07 Å². The van der Waals surface area contributed by atoms with Gasteiger partial charge in [-0.15, -0.1) is 0 Å². The van der Waals surface area contributed by atoms with E-state index in [1.54, 1.807) is 0 Å². The van der Waals surface area contributed by atoms with Crippen LogP contribution in [0.4, 0.5) is 0 Å². The van der Waals surface area contributed by atoms with Crippen LogP contribution in [0.15, 0.2) is 24.4 Å². The molecule has 0 spiro atoms. The summed E-state index contributed by atoms with van der Waals surface area (Å²) in [4.78, 5) is 0. The van der Waals surface area contributed by atoms with Crippen molar-refractivity contribution in [2.45, 2.75) is 25.9 Å². The first-order valence-corrected chi connectivity index (χ1v) is 5.98. The maximum atomic E-state index is 8.55. The molecule has 0 radical (unpaired) electrons. The first kappa shape index (κ1) is 12.0. The van der Waals surface area contributed by atoms with E-state index in [9.17, 15) is 0 Å². The van der Waals surface area contributed by atoms with Crippen LogP contribution in [0.25, 0.3) is 10.9 Å². The molecule has 1 aromatic heterocycles. The molecule has 2 aromatic rings. The number of aryl methyl sites for hydroxylation is 1. The summed E-state index contributed by atoms with van der Waals surface area (Å²) in [6, 6.07) is 7.98. The fraction of sp³-hybridized carbons (Fsp3) is 0.308. The third-order valence-electron chi connectivity index (χ3n) is 2.83. The van der Waals surface area contributed by atoms with Gasteiger partial charge in [0.05, 0.1) is 6.07 Å². The van der Waals surface area contributed by atoms with Crippen LogP contribution in [0.5, 0.6) is 0 Å². The predicted octanol–water partition coefficient (Wildman–Crippen LogP) is 3.06. The van der Waals surface area contributed by atoms with Gasteiger partial charge in [0.2, 0.25) is 0 Å². The van der Waals surface area contributed by atoms with Crippen LogP contribution in [-0.4, -0.2) is 4.57 Å². The van der Waals surface area contributed by atoms with Gasteiger partial charge in [-0.05, 0) is 24.1 Å². The quantitative estimate of drug-likeness (QED) is 0.845. The van der Waals surface area contributed by atoms with Crippen LogP contribution in [-0.2, 0) is 13.1 Å². The Kier molecular flexibility index (Phi) is 3.68. The van der Waals surface area contributed by atoms with E-state index in [0.717, 1.165) is 34.5 Å². The largest absolute Gasteiger partial charge is 0.347 e. The number of unbranched alkanes of at least 4 members (excludes halogenated alkanes) is 1. The summed E-state index contributed by atoms with van der Waals surface area (Å²) in [6.45, 7) is 1.34. The first-order valence-electron chi connectivity index (χ1n) is 5.60. The number of halogens is 1. The summed E-state index contributed by atoms with van der Waals surface area (Å²) in [5, 5.41) is 10.4. The second-order valence-electron chi connectivity index (χ2n) is 3.97. The molecule has 88 valence electrons. The van der Waals surface area contributed by atoms with Gasteiger partial charge in [-0.2, -0.15) is 5.26 Å². The molecular weight excluding hydrogens is 234 g/mol. The highest BCUT2D eigenvalue weighted by atomic mass is 35.5. The number of fused-ring (bicyclic) bond motifs is 1. The van der Waals surface area contributed by atoms with Gasteiger partial charge in [-0.3, -0.25) is 0 Å². The molecule has 0 atom stereocenters. The molecule has 0 bridgehead atoms. The highest BCUT2D eigenvalue weighted by molar-refractivity contribution is 6.31. The van der Waals surface area contributed by atoms with Crippen LogP contribution in [0.3, 0.4) is 0 Å². The molecule has 0 amide bonds. The third kappa shape index (κ3) is 2.44. The maximum Gasteiger partial charge on any atom is 0.0622 e. The van der Waals surface area contributed by atoms with Crippen molar-refractivity contribution >= 4 is 22.5 Å². The number of benzene rings is 1. The van der Waals surface area contributed by atoms with E-state index < -0.39 is 0 Å². The van der Waals surface area contributed by atoms with E-state index in [1.807, 2.05) is 18.2 Å². The van der Waals surface area contributed by atoms with Crippen LogP contribution in [0.2, 0.25) is 5.02 Å². The van der Waals surface area contributed by atoms with Crippen molar-refractivity contribution < 1.29 is 0 Å². The van der Waals surface area contributed by atoms with Gasteiger partial charge in [0.25, 0.3) is 0 Å². The number of hydrogen-bond acceptors (Lipinski definition) is 2. The van der Waals surface area contributed by atoms with E-state index in [2.05, 4.69) is 16.8 Å². The van der Waals surface area contributed by atoms with Gasteiger partial charge in [0, 0.05) is 41.6 Å². The molecule has 0 aliphatic rings. The molecular formula is C13H14ClN3. The third-order valence-corrected chi connectivity index (χ3v) is 3.07. The molecule has 0 unspecified atom stereocenters. The number of nitriles is 1. The Morgan fingerprint density at radius 3 is 2.94 bits per heavy atom. The van der Waals surface area contributed by atoms with Crippen molar-refractivity contribution in [3.63, 3.8) is 0 Å². The topological polar surface area (TPSA) is 54.7 Å². The summed E-state index contributed by atoms with van der Waals surface area (Å²) in [5.74, 6) is 0. The molecule has 0 aliphatic heterocycles. The normalized spacial score (nSPS) is 10.6. The molecule has 4 heteroatoms. The highest BCUT2D eigenvalue weighted by Crippen LogP contribution is 2.25. The predicted molar refractivity (Wildman–Crippen MR) is 69.7 cm³/mol. The molecule has 0 aliphatic carbocycles. The Hall–Kier alpha value is -1.50. The lowest BCUT2D eigenvalue weighted by Gasteiger charge is -2.03. The summed E-state index contributed by atoms with van der Waals surface area (Å²) in [5.41, 5.74) is 7.94. The van der Waals surface area contributed by atoms with Crippen LogP contribution >= 0.6 is 11.6 Å². The molecule has 1 heterocycles. The second-order valence-corrected chi connectivity index (χ2v) is 4.41. The number of aromatic nitrogens is 1. The smallest absolute Gasteiger partial charge is 0.0622 e. The Balaban J connectivity index is 2.40. The minimum atomic E-state index is 0.517. The van der Waals surface area contributed by atoms with Gasteiger partial charge in [-0.1, -0.05) is 17.7 Å². The Labute approximate surface area is 105 Å². The SMILES string of the molecule is N#CCCCn1cc(CN)c2ccc(Cl)cc21. The van der Waals surface area contributed by atoms with E-state index in [4.69, 9.17) is 22.6 Å². The van der Waals surface area contributed by atoms with Crippen molar-refractivity contribution in [2.75, 3.05) is 0 Å². The molecule has 2 N–H and O–H groups in total. The monoisotopic (exact) mass is 247 g/mol. The molecule has 0 fully saturated rings. The van der Waals surface area contributed by atoms with E-state index >= 15 is 0 Å². The zero-order chi connectivity index (χ0) is 12.3. The van der Waals surface area contributed by atoms with Crippen molar-refractivity contribution in [1.29, 1.82) is 5.26 Å². The van der Waals surface area contributed by atoms with Crippen LogP contribution < -0.4 is 5.73 Å². The molecule has 2 rings (SSSR count). The standard InChI is InChI=1S/C13H14ClN3/c14-11-3-4-12-10(8-16)9-17(13(12)7-11)6-2-1-5-15/h3-4,7,9H,1-2,6,8,16H2. The Morgan fingerprint density at radius 1 is 1.41 bits per heavy atom. The van der Waals surface area contributed by atoms with Gasteiger partial charge >= 0.3 is 0 Å². The lowest BCUT2D eigenvalue weighted by Crippen LogP contribution is -1.97. The minimum Gasteiger partial charge on any atom is -0.347 e. The Morgan fingerprint density at radius 2 is 2.24 bits per heavy atom. The summed E-state index contributed by atoms with van der Waals surface area (Å²) in [7, 11) is 0. The fourth-order valence-corrected chi connectivity index (χ4v) is 2.18. The average Bonchev–Trinajstić information content (AvgIpc) is 2.67. The first-order chi connectivity index (χ1) is 8.26. The van der Waals surface area contributed by atoms with Gasteiger partial charge in [-0.25, -0.2) is 0 Å². The van der Waals surface area contributed by atoms with Gasteiger partial charge in [0.1, 0.15) is 0 Å². The summed E-state index contributed by atoms with van der Waals surface area (Å²) >= 11 is 6.01. The van der Waals surface area contributed by atoms with Gasteiger partial charge in [0.15, 0.2) is 0 Å². The number of hydrogen-bond donors (Lipinski definition) is 1.